The first kappa shape index (κ1) is 10.3. The van der Waals surface area contributed by atoms with Gasteiger partial charge in [0.25, 0.3) is 0 Å². The topological polar surface area (TPSA) is 56.0 Å². The van der Waals surface area contributed by atoms with Gasteiger partial charge in [-0.2, -0.15) is 0 Å². The maximum atomic E-state index is 11.9. The molecule has 0 saturated carbocycles. The summed E-state index contributed by atoms with van der Waals surface area (Å²) in [5.41, 5.74) is 7.84. The molecule has 2 atom stereocenters. The maximum absolute atomic E-state index is 11.9. The smallest absolute Gasteiger partial charge is 0.143 e. The summed E-state index contributed by atoms with van der Waals surface area (Å²) in [4.78, 5) is 16.2. The number of Topliss-reactive ketones (excluding diaryl/α,β-unsaturated/α-hetero) is 1. The molecule has 2 N–H and O–H groups in total. The third-order valence-corrected chi connectivity index (χ3v) is 2.87. The molecule has 3 nitrogen and oxygen atoms in total. The summed E-state index contributed by atoms with van der Waals surface area (Å²) in [7, 11) is 0. The van der Waals surface area contributed by atoms with E-state index >= 15 is 0 Å². The van der Waals surface area contributed by atoms with Crippen LogP contribution in [-0.4, -0.2) is 16.8 Å². The van der Waals surface area contributed by atoms with Gasteiger partial charge in [-0.3, -0.25) is 9.78 Å². The van der Waals surface area contributed by atoms with E-state index in [1.807, 2.05) is 13.0 Å². The largest absolute Gasteiger partial charge is 0.328 e. The second-order valence-corrected chi connectivity index (χ2v) is 4.29. The number of carbonyl (C=O) groups excluding carboxylic acids is 1. The number of rotatable bonds is 3. The van der Waals surface area contributed by atoms with Gasteiger partial charge in [0.2, 0.25) is 0 Å². The van der Waals surface area contributed by atoms with Gasteiger partial charge >= 0.3 is 0 Å². The van der Waals surface area contributed by atoms with Crippen LogP contribution >= 0.6 is 0 Å². The molecule has 80 valence electrons. The van der Waals surface area contributed by atoms with Crippen molar-refractivity contribution in [3.63, 3.8) is 0 Å². The predicted molar refractivity (Wildman–Crippen MR) is 58.6 cm³/mol. The number of nitrogens with zero attached hydrogens (tertiary/aromatic N) is 1. The van der Waals surface area contributed by atoms with Crippen molar-refractivity contribution in [2.24, 2.45) is 5.73 Å². The Hall–Kier alpha value is -1.22. The molecule has 0 radical (unpaired) electrons. The fraction of sp³-hybridized carbons (Fsp3) is 0.500. The Morgan fingerprint density at radius 2 is 2.53 bits per heavy atom. The number of carbonyl (C=O) groups is 1. The molecule has 0 saturated heterocycles. The van der Waals surface area contributed by atoms with E-state index in [0.717, 1.165) is 18.5 Å². The summed E-state index contributed by atoms with van der Waals surface area (Å²) in [6, 6.07) is 3.93. The Morgan fingerprint density at radius 3 is 3.27 bits per heavy atom. The summed E-state index contributed by atoms with van der Waals surface area (Å²) in [5.74, 6) is 0.231. The van der Waals surface area contributed by atoms with Gasteiger partial charge in [0.05, 0.1) is 11.6 Å². The zero-order valence-electron chi connectivity index (χ0n) is 8.94. The monoisotopic (exact) mass is 204 g/mol. The van der Waals surface area contributed by atoms with Crippen LogP contribution in [0.3, 0.4) is 0 Å². The van der Waals surface area contributed by atoms with Crippen molar-refractivity contribution in [2.75, 3.05) is 0 Å². The molecule has 0 aromatic carbocycles. The van der Waals surface area contributed by atoms with Crippen LogP contribution in [0.5, 0.6) is 0 Å². The van der Waals surface area contributed by atoms with Gasteiger partial charge in [0, 0.05) is 18.7 Å². The predicted octanol–water partition coefficient (Wildman–Crippen LogP) is 1.42. The number of ketones is 1. The van der Waals surface area contributed by atoms with E-state index in [0.29, 0.717) is 6.42 Å². The van der Waals surface area contributed by atoms with Gasteiger partial charge in [-0.25, -0.2) is 0 Å². The number of aryl methyl sites for hydroxylation is 1. The normalized spacial score (nSPS) is 21.1. The molecule has 1 heterocycles. The van der Waals surface area contributed by atoms with Crippen LogP contribution < -0.4 is 5.73 Å². The quantitative estimate of drug-likeness (QED) is 0.810. The number of hydrogen-bond acceptors (Lipinski definition) is 3. The van der Waals surface area contributed by atoms with E-state index in [1.165, 1.54) is 5.56 Å². The minimum absolute atomic E-state index is 0.00722. The maximum Gasteiger partial charge on any atom is 0.143 e. The van der Waals surface area contributed by atoms with Crippen molar-refractivity contribution in [3.05, 3.63) is 29.6 Å². The summed E-state index contributed by atoms with van der Waals surface area (Å²) < 4.78 is 0. The van der Waals surface area contributed by atoms with Gasteiger partial charge in [0.15, 0.2) is 0 Å². The van der Waals surface area contributed by atoms with Crippen LogP contribution in [0.2, 0.25) is 0 Å². The van der Waals surface area contributed by atoms with E-state index in [9.17, 15) is 4.79 Å². The molecule has 2 unspecified atom stereocenters. The summed E-state index contributed by atoms with van der Waals surface area (Å²) >= 11 is 0. The standard InChI is InChI=1S/C12H16N2O/c1-8(13)7-11(15)10-5-4-9-3-2-6-14-12(9)10/h2-3,6,8,10H,4-5,7,13H2,1H3. The zero-order chi connectivity index (χ0) is 10.8. The molecule has 1 aromatic rings. The fourth-order valence-electron chi connectivity index (χ4n) is 2.19. The Bertz CT molecular complexity index is 374. The SMILES string of the molecule is CC(N)CC(=O)C1CCc2cccnc21. The van der Waals surface area contributed by atoms with Gasteiger partial charge in [-0.15, -0.1) is 0 Å². The van der Waals surface area contributed by atoms with Crippen molar-refractivity contribution in [3.8, 4) is 0 Å². The van der Waals surface area contributed by atoms with Gasteiger partial charge in [-0.1, -0.05) is 6.07 Å². The number of hydrogen-bond donors (Lipinski definition) is 1. The highest BCUT2D eigenvalue weighted by molar-refractivity contribution is 5.86. The van der Waals surface area contributed by atoms with Crippen LogP contribution in [0.15, 0.2) is 18.3 Å². The van der Waals surface area contributed by atoms with E-state index in [4.69, 9.17) is 5.73 Å². The van der Waals surface area contributed by atoms with E-state index < -0.39 is 0 Å². The highest BCUT2D eigenvalue weighted by Crippen LogP contribution is 2.32. The Kier molecular flexibility index (Phi) is 2.82. The second kappa shape index (κ2) is 4.11. The van der Waals surface area contributed by atoms with E-state index in [2.05, 4.69) is 11.1 Å². The minimum atomic E-state index is -0.0507. The van der Waals surface area contributed by atoms with Crippen molar-refractivity contribution in [2.45, 2.75) is 38.1 Å². The van der Waals surface area contributed by atoms with Gasteiger partial charge in [0.1, 0.15) is 5.78 Å². The molecule has 0 fully saturated rings. The average molecular weight is 204 g/mol. The molecule has 2 rings (SSSR count). The van der Waals surface area contributed by atoms with Gasteiger partial charge < -0.3 is 5.73 Å². The molecular weight excluding hydrogens is 188 g/mol. The van der Waals surface area contributed by atoms with Crippen LogP contribution in [0.1, 0.15) is 36.9 Å². The lowest BCUT2D eigenvalue weighted by Crippen LogP contribution is -2.23. The van der Waals surface area contributed by atoms with Crippen molar-refractivity contribution in [1.29, 1.82) is 0 Å². The molecule has 0 amide bonds. The van der Waals surface area contributed by atoms with E-state index in [1.54, 1.807) is 6.20 Å². The Balaban J connectivity index is 2.17. The summed E-state index contributed by atoms with van der Waals surface area (Å²) in [6.07, 6.45) is 4.09. The summed E-state index contributed by atoms with van der Waals surface area (Å²) in [6.45, 7) is 1.87. The molecule has 1 aliphatic rings. The molecule has 0 bridgehead atoms. The van der Waals surface area contributed by atoms with Crippen molar-refractivity contribution < 1.29 is 4.79 Å². The Morgan fingerprint density at radius 1 is 1.73 bits per heavy atom. The number of nitrogens with two attached hydrogens (primary N) is 1. The second-order valence-electron chi connectivity index (χ2n) is 4.29. The highest BCUT2D eigenvalue weighted by atomic mass is 16.1. The third-order valence-electron chi connectivity index (χ3n) is 2.87. The zero-order valence-corrected chi connectivity index (χ0v) is 8.94. The number of aromatic nitrogens is 1. The lowest BCUT2D eigenvalue weighted by Gasteiger charge is -2.10. The van der Waals surface area contributed by atoms with Gasteiger partial charge in [-0.05, 0) is 31.4 Å². The van der Waals surface area contributed by atoms with Crippen LogP contribution in [0.25, 0.3) is 0 Å². The fourth-order valence-corrected chi connectivity index (χ4v) is 2.19. The first-order chi connectivity index (χ1) is 7.18. The molecule has 1 aromatic heterocycles. The van der Waals surface area contributed by atoms with Crippen LogP contribution in [0.4, 0.5) is 0 Å². The minimum Gasteiger partial charge on any atom is -0.328 e. The molecule has 15 heavy (non-hydrogen) atoms. The lowest BCUT2D eigenvalue weighted by atomic mass is 9.96. The molecule has 1 aliphatic carbocycles. The van der Waals surface area contributed by atoms with Crippen molar-refractivity contribution in [1.82, 2.24) is 4.98 Å². The average Bonchev–Trinajstić information content (AvgIpc) is 2.59. The Labute approximate surface area is 89.7 Å². The van der Waals surface area contributed by atoms with Crippen molar-refractivity contribution >= 4 is 5.78 Å². The van der Waals surface area contributed by atoms with Crippen LogP contribution in [-0.2, 0) is 11.2 Å². The van der Waals surface area contributed by atoms with E-state index in [-0.39, 0.29) is 17.7 Å². The third kappa shape index (κ3) is 2.07. The first-order valence-corrected chi connectivity index (χ1v) is 5.40. The lowest BCUT2D eigenvalue weighted by molar-refractivity contribution is -0.120. The molecule has 0 aliphatic heterocycles. The molecule has 0 spiro atoms. The summed E-state index contributed by atoms with van der Waals surface area (Å²) in [5, 5.41) is 0. The number of fused-ring (bicyclic) bond motifs is 1. The molecular formula is C12H16N2O. The number of pyridine rings is 1. The molecule has 3 heteroatoms. The first-order valence-electron chi connectivity index (χ1n) is 5.40. The highest BCUT2D eigenvalue weighted by Gasteiger charge is 2.29. The van der Waals surface area contributed by atoms with Crippen LogP contribution in [0, 0.1) is 0 Å².